The number of phenolic OH excluding ortho intramolecular Hbond substituents is 3. The van der Waals surface area contributed by atoms with E-state index in [2.05, 4.69) is 19.1 Å². The van der Waals surface area contributed by atoms with E-state index in [1.807, 2.05) is 0 Å². The Labute approximate surface area is 181 Å². The van der Waals surface area contributed by atoms with Crippen molar-refractivity contribution >= 4 is 5.97 Å². The lowest BCUT2D eigenvalue weighted by molar-refractivity contribution is 0.0496. The first-order valence-corrected chi connectivity index (χ1v) is 11.6. The number of allylic oxidation sites excluding steroid dienone is 2. The Balaban J connectivity index is 1.93. The number of ether oxygens (including phenoxy) is 1. The van der Waals surface area contributed by atoms with Gasteiger partial charge < -0.3 is 20.1 Å². The third-order valence-corrected chi connectivity index (χ3v) is 5.19. The highest BCUT2D eigenvalue weighted by atomic mass is 16.5. The smallest absolute Gasteiger partial charge is 0.338 e. The largest absolute Gasteiger partial charge is 0.504 e. The molecule has 5 nitrogen and oxygen atoms in total. The van der Waals surface area contributed by atoms with Crippen molar-refractivity contribution in [2.45, 2.75) is 96.8 Å². The first-order valence-electron chi connectivity index (χ1n) is 11.6. The van der Waals surface area contributed by atoms with Crippen LogP contribution in [-0.2, 0) is 4.74 Å². The van der Waals surface area contributed by atoms with Crippen molar-refractivity contribution in [1.29, 1.82) is 0 Å². The summed E-state index contributed by atoms with van der Waals surface area (Å²) in [5.74, 6) is -2.34. The molecule has 5 heteroatoms. The highest BCUT2D eigenvalue weighted by molar-refractivity contribution is 5.91. The Bertz CT molecular complexity index is 601. The van der Waals surface area contributed by atoms with Crippen molar-refractivity contribution in [1.82, 2.24) is 0 Å². The van der Waals surface area contributed by atoms with Crippen LogP contribution in [0, 0.1) is 0 Å². The monoisotopic (exact) mass is 420 g/mol. The Morgan fingerprint density at radius 3 is 1.77 bits per heavy atom. The van der Waals surface area contributed by atoms with Gasteiger partial charge in [-0.1, -0.05) is 76.9 Å². The molecule has 0 aliphatic rings. The van der Waals surface area contributed by atoms with Gasteiger partial charge in [0.2, 0.25) is 0 Å². The van der Waals surface area contributed by atoms with Gasteiger partial charge in [-0.25, -0.2) is 4.79 Å². The van der Waals surface area contributed by atoms with Crippen molar-refractivity contribution in [3.8, 4) is 17.2 Å². The molecule has 0 aliphatic heterocycles. The summed E-state index contributed by atoms with van der Waals surface area (Å²) in [6.45, 7) is 2.56. The lowest BCUT2D eigenvalue weighted by Crippen LogP contribution is -2.06. The molecule has 0 heterocycles. The molecule has 0 amide bonds. The molecule has 1 rings (SSSR count). The molecule has 0 saturated heterocycles. The van der Waals surface area contributed by atoms with Crippen LogP contribution in [0.15, 0.2) is 24.3 Å². The third-order valence-electron chi connectivity index (χ3n) is 5.19. The number of phenols is 3. The molecule has 0 aliphatic carbocycles. The molecule has 3 N–H and O–H groups in total. The van der Waals surface area contributed by atoms with E-state index in [9.17, 15) is 20.1 Å². The molecule has 0 fully saturated rings. The van der Waals surface area contributed by atoms with Crippen molar-refractivity contribution in [3.05, 3.63) is 29.8 Å². The molecule has 0 unspecified atom stereocenters. The fourth-order valence-corrected chi connectivity index (χ4v) is 3.32. The van der Waals surface area contributed by atoms with Crippen LogP contribution >= 0.6 is 0 Å². The van der Waals surface area contributed by atoms with Gasteiger partial charge in [0.15, 0.2) is 17.2 Å². The number of carbonyl (C=O) groups is 1. The van der Waals surface area contributed by atoms with Gasteiger partial charge >= 0.3 is 5.97 Å². The second kappa shape index (κ2) is 16.6. The number of rotatable bonds is 17. The summed E-state index contributed by atoms with van der Waals surface area (Å²) in [6, 6.07) is 2.17. The minimum absolute atomic E-state index is 0.0207. The molecule has 0 spiro atoms. The number of carbonyl (C=O) groups excluding carboxylic acids is 1. The van der Waals surface area contributed by atoms with E-state index >= 15 is 0 Å². The summed E-state index contributed by atoms with van der Waals surface area (Å²) in [5, 5.41) is 28.1. The average Bonchev–Trinajstić information content (AvgIpc) is 2.73. The van der Waals surface area contributed by atoms with Crippen LogP contribution in [0.5, 0.6) is 17.2 Å². The van der Waals surface area contributed by atoms with E-state index in [0.29, 0.717) is 6.61 Å². The number of hydrogen-bond acceptors (Lipinski definition) is 5. The van der Waals surface area contributed by atoms with E-state index in [1.165, 1.54) is 70.6 Å². The number of unbranched alkanes of at least 4 members (excludes halogenated alkanes) is 12. The first kappa shape index (κ1) is 25.9. The molecule has 1 aromatic rings. The topological polar surface area (TPSA) is 87.0 Å². The van der Waals surface area contributed by atoms with Crippen LogP contribution in [0.25, 0.3) is 0 Å². The maximum Gasteiger partial charge on any atom is 0.338 e. The van der Waals surface area contributed by atoms with Gasteiger partial charge in [0, 0.05) is 0 Å². The quantitative estimate of drug-likeness (QED) is 0.109. The molecule has 0 aromatic heterocycles. The van der Waals surface area contributed by atoms with Crippen LogP contribution in [0.4, 0.5) is 0 Å². The summed E-state index contributed by atoms with van der Waals surface area (Å²) in [7, 11) is 0. The average molecular weight is 421 g/mol. The number of hydrogen-bond donors (Lipinski definition) is 3. The summed E-state index contributed by atoms with van der Waals surface area (Å²) in [5.41, 5.74) is 0.0207. The molecule has 0 atom stereocenters. The molecular formula is C25H40O5. The van der Waals surface area contributed by atoms with Gasteiger partial charge in [0.05, 0.1) is 12.2 Å². The van der Waals surface area contributed by atoms with Gasteiger partial charge in [0.25, 0.3) is 0 Å². The zero-order valence-electron chi connectivity index (χ0n) is 18.6. The minimum atomic E-state index is -0.639. The minimum Gasteiger partial charge on any atom is -0.504 e. The van der Waals surface area contributed by atoms with Gasteiger partial charge in [-0.2, -0.15) is 0 Å². The third kappa shape index (κ3) is 11.7. The van der Waals surface area contributed by atoms with Crippen molar-refractivity contribution in [2.75, 3.05) is 6.61 Å². The Kier molecular flexibility index (Phi) is 14.3. The fourth-order valence-electron chi connectivity index (χ4n) is 3.32. The van der Waals surface area contributed by atoms with Gasteiger partial charge in [0.1, 0.15) is 0 Å². The standard InChI is InChI=1S/C25H40O5/c1-2-3-4-5-6-7-8-9-10-11-12-13-14-15-16-17-18-30-25(29)21-19-22(26)24(28)23(27)20-21/h9-10,19-20,26-28H,2-8,11-18H2,1H3. The maximum absolute atomic E-state index is 11.9. The van der Waals surface area contributed by atoms with Crippen LogP contribution in [0.1, 0.15) is 107 Å². The number of benzene rings is 1. The van der Waals surface area contributed by atoms with Crippen LogP contribution in [0.3, 0.4) is 0 Å². The van der Waals surface area contributed by atoms with Gasteiger partial charge in [-0.15, -0.1) is 0 Å². The second-order valence-corrected chi connectivity index (χ2v) is 7.94. The summed E-state index contributed by atoms with van der Waals surface area (Å²) in [4.78, 5) is 11.9. The van der Waals surface area contributed by atoms with Crippen molar-refractivity contribution in [2.24, 2.45) is 0 Å². The highest BCUT2D eigenvalue weighted by Gasteiger charge is 2.14. The van der Waals surface area contributed by atoms with Crippen LogP contribution < -0.4 is 0 Å². The molecule has 0 radical (unpaired) electrons. The van der Waals surface area contributed by atoms with Gasteiger partial charge in [-0.3, -0.25) is 0 Å². The first-order chi connectivity index (χ1) is 14.6. The van der Waals surface area contributed by atoms with Crippen molar-refractivity contribution in [3.63, 3.8) is 0 Å². The molecular weight excluding hydrogens is 380 g/mol. The molecule has 170 valence electrons. The zero-order chi connectivity index (χ0) is 22.0. The van der Waals surface area contributed by atoms with E-state index in [1.54, 1.807) is 0 Å². The number of esters is 1. The molecule has 30 heavy (non-hydrogen) atoms. The zero-order valence-corrected chi connectivity index (χ0v) is 18.6. The van der Waals surface area contributed by atoms with E-state index in [0.717, 1.165) is 31.4 Å². The van der Waals surface area contributed by atoms with E-state index in [4.69, 9.17) is 4.74 Å². The maximum atomic E-state index is 11.9. The SMILES string of the molecule is CCCCCCCCC=CCCCCCCCCOC(=O)c1cc(O)c(O)c(O)c1. The lowest BCUT2D eigenvalue weighted by atomic mass is 10.1. The Hall–Kier alpha value is -2.17. The van der Waals surface area contributed by atoms with E-state index < -0.39 is 23.2 Å². The predicted molar refractivity (Wildman–Crippen MR) is 121 cm³/mol. The van der Waals surface area contributed by atoms with Gasteiger partial charge in [-0.05, 0) is 44.2 Å². The van der Waals surface area contributed by atoms with Crippen LogP contribution in [-0.4, -0.2) is 27.9 Å². The van der Waals surface area contributed by atoms with E-state index in [-0.39, 0.29) is 5.56 Å². The lowest BCUT2D eigenvalue weighted by Gasteiger charge is -2.07. The fraction of sp³-hybridized carbons (Fsp3) is 0.640. The highest BCUT2D eigenvalue weighted by Crippen LogP contribution is 2.35. The van der Waals surface area contributed by atoms with Crippen LogP contribution in [0.2, 0.25) is 0 Å². The second-order valence-electron chi connectivity index (χ2n) is 7.94. The summed E-state index contributed by atoms with van der Waals surface area (Å²) in [6.07, 6.45) is 21.7. The summed E-state index contributed by atoms with van der Waals surface area (Å²) >= 11 is 0. The predicted octanol–water partition coefficient (Wildman–Crippen LogP) is 7.00. The normalized spacial score (nSPS) is 11.2. The molecule has 1 aromatic carbocycles. The molecule has 0 saturated carbocycles. The Morgan fingerprint density at radius 1 is 0.767 bits per heavy atom. The number of aromatic hydroxyl groups is 3. The van der Waals surface area contributed by atoms with Crippen molar-refractivity contribution < 1.29 is 24.9 Å². The molecule has 0 bridgehead atoms. The Morgan fingerprint density at radius 2 is 1.23 bits per heavy atom. The summed E-state index contributed by atoms with van der Waals surface area (Å²) < 4.78 is 5.15.